The van der Waals surface area contributed by atoms with Gasteiger partial charge in [-0.15, -0.1) is 0 Å². The van der Waals surface area contributed by atoms with Crippen molar-refractivity contribution in [1.82, 2.24) is 4.98 Å². The molecule has 0 aliphatic heterocycles. The van der Waals surface area contributed by atoms with E-state index in [1.54, 1.807) is 0 Å². The van der Waals surface area contributed by atoms with Gasteiger partial charge in [-0.05, 0) is 25.3 Å². The van der Waals surface area contributed by atoms with Crippen LogP contribution in [0.3, 0.4) is 0 Å². The Bertz CT molecular complexity index is 325. The van der Waals surface area contributed by atoms with Crippen LogP contribution in [0.15, 0.2) is 18.5 Å². The molecule has 1 unspecified atom stereocenters. The second-order valence-corrected chi connectivity index (χ2v) is 4.79. The summed E-state index contributed by atoms with van der Waals surface area (Å²) >= 11 is 0. The highest BCUT2D eigenvalue weighted by atomic mass is 14.9. The second kappa shape index (κ2) is 8.78. The Balaban J connectivity index is 2.43. The number of aromatic nitrogens is 1. The summed E-state index contributed by atoms with van der Waals surface area (Å²) in [5.74, 6) is 0.771. The Hall–Kier alpha value is -1.25. The van der Waals surface area contributed by atoms with Crippen LogP contribution >= 0.6 is 0 Å². The minimum Gasteiger partial charge on any atom is -0.384 e. The number of nitrogens with one attached hydrogen (secondary N) is 2. The maximum absolute atomic E-state index is 4.24. The third kappa shape index (κ3) is 5.39. The first-order valence-electron chi connectivity index (χ1n) is 7.22. The number of hydrogen-bond donors (Lipinski definition) is 2. The fourth-order valence-electron chi connectivity index (χ4n) is 2.04. The van der Waals surface area contributed by atoms with Crippen LogP contribution in [0.2, 0.25) is 0 Å². The Morgan fingerprint density at radius 3 is 2.44 bits per heavy atom. The van der Waals surface area contributed by atoms with Crippen LogP contribution in [0.25, 0.3) is 0 Å². The summed E-state index contributed by atoms with van der Waals surface area (Å²) in [6, 6.07) is 2.13. The van der Waals surface area contributed by atoms with Crippen molar-refractivity contribution in [1.29, 1.82) is 0 Å². The van der Waals surface area contributed by atoms with Gasteiger partial charge in [0, 0.05) is 13.1 Å². The summed E-state index contributed by atoms with van der Waals surface area (Å²) in [6.07, 6.45) is 8.94. The van der Waals surface area contributed by atoms with E-state index in [1.807, 2.05) is 12.4 Å². The van der Waals surface area contributed by atoms with Crippen molar-refractivity contribution in [3.05, 3.63) is 18.5 Å². The van der Waals surface area contributed by atoms with Crippen LogP contribution in [-0.4, -0.2) is 18.1 Å². The van der Waals surface area contributed by atoms with Gasteiger partial charge < -0.3 is 10.6 Å². The van der Waals surface area contributed by atoms with Crippen molar-refractivity contribution in [3.63, 3.8) is 0 Å². The number of pyridine rings is 1. The van der Waals surface area contributed by atoms with Crippen LogP contribution in [0.4, 0.5) is 11.4 Å². The molecule has 1 aromatic rings. The lowest BCUT2D eigenvalue weighted by molar-refractivity contribution is 0.473. The molecule has 0 bridgehead atoms. The maximum Gasteiger partial charge on any atom is 0.0547 e. The molecule has 102 valence electrons. The lowest BCUT2D eigenvalue weighted by atomic mass is 9.99. The lowest BCUT2D eigenvalue weighted by Gasteiger charge is -2.16. The van der Waals surface area contributed by atoms with Gasteiger partial charge in [0.25, 0.3) is 0 Å². The number of rotatable bonds is 9. The molecule has 1 rings (SSSR count). The molecule has 0 fully saturated rings. The minimum absolute atomic E-state index is 0.771. The summed E-state index contributed by atoms with van der Waals surface area (Å²) in [4.78, 5) is 4.24. The zero-order valence-corrected chi connectivity index (χ0v) is 12.0. The van der Waals surface area contributed by atoms with E-state index in [1.165, 1.54) is 25.7 Å². The van der Waals surface area contributed by atoms with E-state index < -0.39 is 0 Å². The van der Waals surface area contributed by atoms with Crippen LogP contribution in [0.1, 0.15) is 46.5 Å². The number of anilines is 2. The van der Waals surface area contributed by atoms with Gasteiger partial charge in [-0.3, -0.25) is 4.98 Å². The van der Waals surface area contributed by atoms with Crippen LogP contribution in [0, 0.1) is 5.92 Å². The molecule has 1 atom stereocenters. The van der Waals surface area contributed by atoms with E-state index in [4.69, 9.17) is 0 Å². The number of unbranched alkanes of at least 4 members (excludes halogenated alkanes) is 1. The summed E-state index contributed by atoms with van der Waals surface area (Å²) in [5.41, 5.74) is 2.20. The molecule has 0 aliphatic carbocycles. The molecule has 1 aromatic heterocycles. The van der Waals surface area contributed by atoms with E-state index in [-0.39, 0.29) is 0 Å². The highest BCUT2D eigenvalue weighted by molar-refractivity contribution is 5.53. The fraction of sp³-hybridized carbons (Fsp3) is 0.667. The summed E-state index contributed by atoms with van der Waals surface area (Å²) in [5, 5.41) is 6.78. The largest absolute Gasteiger partial charge is 0.384 e. The summed E-state index contributed by atoms with van der Waals surface area (Å²) in [6.45, 7) is 8.60. The van der Waals surface area contributed by atoms with Crippen molar-refractivity contribution in [2.24, 2.45) is 5.92 Å². The van der Waals surface area contributed by atoms with Crippen molar-refractivity contribution in [3.8, 4) is 0 Å². The van der Waals surface area contributed by atoms with Gasteiger partial charge in [-0.2, -0.15) is 0 Å². The van der Waals surface area contributed by atoms with E-state index in [0.29, 0.717) is 0 Å². The van der Waals surface area contributed by atoms with Crippen LogP contribution < -0.4 is 10.6 Å². The standard InChI is InChI=1S/C15H27N3/c1-4-7-8-13(5-2)10-18-15-9-14(17-6-3)11-16-12-15/h9,11-13,17-18H,4-8,10H2,1-3H3. The smallest absolute Gasteiger partial charge is 0.0547 e. The first-order valence-corrected chi connectivity index (χ1v) is 7.22. The molecule has 0 saturated carbocycles. The normalized spacial score (nSPS) is 12.2. The highest BCUT2D eigenvalue weighted by Gasteiger charge is 2.05. The third-order valence-electron chi connectivity index (χ3n) is 3.26. The van der Waals surface area contributed by atoms with Gasteiger partial charge >= 0.3 is 0 Å². The number of nitrogens with zero attached hydrogens (tertiary/aromatic N) is 1. The Morgan fingerprint density at radius 2 is 1.83 bits per heavy atom. The molecule has 0 radical (unpaired) electrons. The SMILES string of the molecule is CCCCC(CC)CNc1cncc(NCC)c1. The van der Waals surface area contributed by atoms with Gasteiger partial charge in [0.15, 0.2) is 0 Å². The van der Waals surface area contributed by atoms with E-state index in [0.717, 1.165) is 30.4 Å². The van der Waals surface area contributed by atoms with Crippen molar-refractivity contribution in [2.45, 2.75) is 46.5 Å². The van der Waals surface area contributed by atoms with Crippen LogP contribution in [-0.2, 0) is 0 Å². The predicted octanol–water partition coefficient (Wildman–Crippen LogP) is 4.14. The van der Waals surface area contributed by atoms with Gasteiger partial charge in [0.1, 0.15) is 0 Å². The average Bonchev–Trinajstić information content (AvgIpc) is 2.40. The second-order valence-electron chi connectivity index (χ2n) is 4.79. The lowest BCUT2D eigenvalue weighted by Crippen LogP contribution is -2.14. The quantitative estimate of drug-likeness (QED) is 0.690. The van der Waals surface area contributed by atoms with E-state index in [2.05, 4.69) is 42.5 Å². The van der Waals surface area contributed by atoms with Gasteiger partial charge in [0.2, 0.25) is 0 Å². The molecule has 18 heavy (non-hydrogen) atoms. The van der Waals surface area contributed by atoms with E-state index in [9.17, 15) is 0 Å². The molecular formula is C15H27N3. The molecule has 0 aromatic carbocycles. The number of hydrogen-bond acceptors (Lipinski definition) is 3. The third-order valence-corrected chi connectivity index (χ3v) is 3.26. The molecular weight excluding hydrogens is 222 g/mol. The van der Waals surface area contributed by atoms with Crippen molar-refractivity contribution >= 4 is 11.4 Å². The van der Waals surface area contributed by atoms with E-state index >= 15 is 0 Å². The molecule has 2 N–H and O–H groups in total. The van der Waals surface area contributed by atoms with Crippen molar-refractivity contribution < 1.29 is 0 Å². The molecule has 3 heteroatoms. The molecule has 0 amide bonds. The molecule has 0 spiro atoms. The average molecular weight is 249 g/mol. The first kappa shape index (κ1) is 14.8. The summed E-state index contributed by atoms with van der Waals surface area (Å²) in [7, 11) is 0. The highest BCUT2D eigenvalue weighted by Crippen LogP contribution is 2.16. The topological polar surface area (TPSA) is 37.0 Å². The minimum atomic E-state index is 0.771. The monoisotopic (exact) mass is 249 g/mol. The maximum atomic E-state index is 4.24. The zero-order valence-electron chi connectivity index (χ0n) is 12.0. The molecule has 0 aliphatic rings. The Labute approximate surface area is 111 Å². The molecule has 3 nitrogen and oxygen atoms in total. The predicted molar refractivity (Wildman–Crippen MR) is 80.2 cm³/mol. The molecule has 1 heterocycles. The van der Waals surface area contributed by atoms with Gasteiger partial charge in [-0.25, -0.2) is 0 Å². The Kier molecular flexibility index (Phi) is 7.23. The fourth-order valence-corrected chi connectivity index (χ4v) is 2.04. The van der Waals surface area contributed by atoms with Crippen LogP contribution in [0.5, 0.6) is 0 Å². The first-order chi connectivity index (χ1) is 8.80. The molecule has 0 saturated heterocycles. The van der Waals surface area contributed by atoms with Gasteiger partial charge in [-0.1, -0.05) is 33.1 Å². The van der Waals surface area contributed by atoms with Gasteiger partial charge in [0.05, 0.1) is 23.8 Å². The zero-order chi connectivity index (χ0) is 13.2. The summed E-state index contributed by atoms with van der Waals surface area (Å²) < 4.78 is 0. The van der Waals surface area contributed by atoms with Crippen molar-refractivity contribution in [2.75, 3.05) is 23.7 Å². The Morgan fingerprint density at radius 1 is 1.11 bits per heavy atom.